The van der Waals surface area contributed by atoms with Crippen molar-refractivity contribution in [2.75, 3.05) is 6.54 Å². The topological polar surface area (TPSA) is 52.5 Å². The van der Waals surface area contributed by atoms with Crippen LogP contribution in [0.3, 0.4) is 0 Å². The summed E-state index contributed by atoms with van der Waals surface area (Å²) >= 11 is 0. The number of phenols is 1. The maximum atomic E-state index is 9.47. The first-order valence-corrected chi connectivity index (χ1v) is 6.40. The van der Waals surface area contributed by atoms with Gasteiger partial charge in [-0.25, -0.2) is 0 Å². The standard InChI is InChI=1S/C14H21NO2/c1-10(16)7-8-15-14-4-2-3-11-9-12(17)5-6-13(11)14/h5-6,9-10,14-17H,2-4,7-8H2,1H3. The molecule has 2 unspecified atom stereocenters. The van der Waals surface area contributed by atoms with Gasteiger partial charge < -0.3 is 15.5 Å². The number of aliphatic hydroxyl groups is 1. The van der Waals surface area contributed by atoms with Crippen LogP contribution in [0.25, 0.3) is 0 Å². The Kier molecular flexibility index (Phi) is 4.02. The number of aromatic hydroxyl groups is 1. The van der Waals surface area contributed by atoms with Crippen LogP contribution >= 0.6 is 0 Å². The predicted octanol–water partition coefficient (Wildman–Crippen LogP) is 2.13. The highest BCUT2D eigenvalue weighted by molar-refractivity contribution is 5.38. The molecule has 3 N–H and O–H groups in total. The van der Waals surface area contributed by atoms with Crippen LogP contribution in [-0.2, 0) is 6.42 Å². The highest BCUT2D eigenvalue weighted by atomic mass is 16.3. The van der Waals surface area contributed by atoms with Crippen molar-refractivity contribution in [2.24, 2.45) is 0 Å². The first-order chi connectivity index (χ1) is 8.16. The Labute approximate surface area is 102 Å². The third-order valence-corrected chi connectivity index (χ3v) is 3.39. The van der Waals surface area contributed by atoms with Gasteiger partial charge in [-0.2, -0.15) is 0 Å². The molecule has 0 amide bonds. The minimum atomic E-state index is -0.245. The summed E-state index contributed by atoms with van der Waals surface area (Å²) < 4.78 is 0. The Morgan fingerprint density at radius 1 is 1.47 bits per heavy atom. The van der Waals surface area contributed by atoms with Gasteiger partial charge in [-0.15, -0.1) is 0 Å². The molecule has 17 heavy (non-hydrogen) atoms. The molecule has 1 aromatic carbocycles. The molecule has 0 fully saturated rings. The van der Waals surface area contributed by atoms with Crippen molar-refractivity contribution in [2.45, 2.75) is 44.8 Å². The molecule has 1 aliphatic carbocycles. The smallest absolute Gasteiger partial charge is 0.115 e. The molecule has 0 spiro atoms. The van der Waals surface area contributed by atoms with E-state index in [2.05, 4.69) is 5.32 Å². The van der Waals surface area contributed by atoms with Crippen molar-refractivity contribution in [3.63, 3.8) is 0 Å². The van der Waals surface area contributed by atoms with Crippen LogP contribution in [0.4, 0.5) is 0 Å². The fraction of sp³-hybridized carbons (Fsp3) is 0.571. The van der Waals surface area contributed by atoms with Crippen molar-refractivity contribution < 1.29 is 10.2 Å². The van der Waals surface area contributed by atoms with Gasteiger partial charge in [0.25, 0.3) is 0 Å². The zero-order valence-corrected chi connectivity index (χ0v) is 10.3. The average molecular weight is 235 g/mol. The van der Waals surface area contributed by atoms with E-state index in [1.165, 1.54) is 11.1 Å². The fourth-order valence-corrected chi connectivity index (χ4v) is 2.48. The summed E-state index contributed by atoms with van der Waals surface area (Å²) in [6.45, 7) is 2.65. The number of aliphatic hydroxyl groups excluding tert-OH is 1. The molecule has 1 aliphatic rings. The molecule has 2 rings (SSSR count). The summed E-state index contributed by atoms with van der Waals surface area (Å²) in [5, 5.41) is 22.2. The van der Waals surface area contributed by atoms with Crippen LogP contribution in [0.1, 0.15) is 43.4 Å². The van der Waals surface area contributed by atoms with Crippen LogP contribution in [0.2, 0.25) is 0 Å². The quantitative estimate of drug-likeness (QED) is 0.749. The number of aryl methyl sites for hydroxylation is 1. The van der Waals surface area contributed by atoms with Crippen molar-refractivity contribution in [1.29, 1.82) is 0 Å². The third-order valence-electron chi connectivity index (χ3n) is 3.39. The molecule has 0 aromatic heterocycles. The minimum Gasteiger partial charge on any atom is -0.508 e. The van der Waals surface area contributed by atoms with E-state index >= 15 is 0 Å². The van der Waals surface area contributed by atoms with E-state index in [9.17, 15) is 10.2 Å². The van der Waals surface area contributed by atoms with Gasteiger partial charge >= 0.3 is 0 Å². The Bertz CT molecular complexity index is 376. The van der Waals surface area contributed by atoms with Gasteiger partial charge in [-0.05, 0) is 62.4 Å². The lowest BCUT2D eigenvalue weighted by Gasteiger charge is -2.26. The SMILES string of the molecule is CC(O)CCNC1CCCc2cc(O)ccc21. The van der Waals surface area contributed by atoms with E-state index < -0.39 is 0 Å². The van der Waals surface area contributed by atoms with Gasteiger partial charge in [0.15, 0.2) is 0 Å². The second-order valence-electron chi connectivity index (χ2n) is 4.92. The third kappa shape index (κ3) is 3.20. The zero-order chi connectivity index (χ0) is 12.3. The number of hydrogen-bond donors (Lipinski definition) is 3. The molecule has 0 radical (unpaired) electrons. The molecular weight excluding hydrogens is 214 g/mol. The largest absolute Gasteiger partial charge is 0.508 e. The Morgan fingerprint density at radius 3 is 3.06 bits per heavy atom. The van der Waals surface area contributed by atoms with Crippen molar-refractivity contribution in [1.82, 2.24) is 5.32 Å². The number of fused-ring (bicyclic) bond motifs is 1. The second-order valence-corrected chi connectivity index (χ2v) is 4.92. The zero-order valence-electron chi connectivity index (χ0n) is 10.3. The molecule has 0 bridgehead atoms. The molecular formula is C14H21NO2. The molecule has 0 saturated carbocycles. The molecule has 0 aliphatic heterocycles. The summed E-state index contributed by atoms with van der Waals surface area (Å²) in [5.74, 6) is 0.355. The molecule has 0 heterocycles. The maximum Gasteiger partial charge on any atom is 0.115 e. The van der Waals surface area contributed by atoms with Crippen LogP contribution < -0.4 is 5.32 Å². The van der Waals surface area contributed by atoms with Crippen molar-refractivity contribution in [3.05, 3.63) is 29.3 Å². The first-order valence-electron chi connectivity index (χ1n) is 6.40. The molecule has 1 aromatic rings. The lowest BCUT2D eigenvalue weighted by Crippen LogP contribution is -2.27. The Morgan fingerprint density at radius 2 is 2.29 bits per heavy atom. The Hall–Kier alpha value is -1.06. The molecule has 94 valence electrons. The molecule has 3 heteroatoms. The first kappa shape index (κ1) is 12.4. The molecule has 2 atom stereocenters. The van der Waals surface area contributed by atoms with Gasteiger partial charge in [0.2, 0.25) is 0 Å². The fourth-order valence-electron chi connectivity index (χ4n) is 2.48. The highest BCUT2D eigenvalue weighted by Gasteiger charge is 2.19. The number of rotatable bonds is 4. The van der Waals surface area contributed by atoms with E-state index in [0.29, 0.717) is 11.8 Å². The summed E-state index contributed by atoms with van der Waals surface area (Å²) in [7, 11) is 0. The lowest BCUT2D eigenvalue weighted by molar-refractivity contribution is 0.181. The number of benzene rings is 1. The summed E-state index contributed by atoms with van der Waals surface area (Å²) in [4.78, 5) is 0. The van der Waals surface area contributed by atoms with E-state index in [4.69, 9.17) is 0 Å². The number of hydrogen-bond acceptors (Lipinski definition) is 3. The van der Waals surface area contributed by atoms with E-state index in [-0.39, 0.29) is 6.10 Å². The van der Waals surface area contributed by atoms with E-state index in [1.807, 2.05) is 19.1 Å². The second kappa shape index (κ2) is 5.52. The minimum absolute atomic E-state index is 0.245. The van der Waals surface area contributed by atoms with Crippen LogP contribution in [0.5, 0.6) is 5.75 Å². The summed E-state index contributed by atoms with van der Waals surface area (Å²) in [6, 6.07) is 6.02. The van der Waals surface area contributed by atoms with Crippen molar-refractivity contribution >= 4 is 0 Å². The number of nitrogens with one attached hydrogen (secondary N) is 1. The van der Waals surface area contributed by atoms with E-state index in [0.717, 1.165) is 32.2 Å². The van der Waals surface area contributed by atoms with Gasteiger partial charge in [0.1, 0.15) is 5.75 Å². The van der Waals surface area contributed by atoms with Gasteiger partial charge in [-0.1, -0.05) is 6.07 Å². The average Bonchev–Trinajstić information content (AvgIpc) is 2.28. The van der Waals surface area contributed by atoms with E-state index in [1.54, 1.807) is 6.07 Å². The van der Waals surface area contributed by atoms with Crippen LogP contribution in [-0.4, -0.2) is 22.9 Å². The highest BCUT2D eigenvalue weighted by Crippen LogP contribution is 2.31. The molecule has 3 nitrogen and oxygen atoms in total. The maximum absolute atomic E-state index is 9.47. The monoisotopic (exact) mass is 235 g/mol. The normalized spacial score (nSPS) is 20.9. The van der Waals surface area contributed by atoms with Crippen LogP contribution in [0.15, 0.2) is 18.2 Å². The summed E-state index contributed by atoms with van der Waals surface area (Å²) in [6.07, 6.45) is 3.88. The lowest BCUT2D eigenvalue weighted by atomic mass is 9.87. The predicted molar refractivity (Wildman–Crippen MR) is 68.1 cm³/mol. The Balaban J connectivity index is 2.02. The van der Waals surface area contributed by atoms with Gasteiger partial charge in [0, 0.05) is 6.04 Å². The van der Waals surface area contributed by atoms with Crippen LogP contribution in [0, 0.1) is 0 Å². The van der Waals surface area contributed by atoms with Gasteiger partial charge in [0.05, 0.1) is 6.10 Å². The number of phenolic OH excluding ortho intramolecular Hbond substituents is 1. The van der Waals surface area contributed by atoms with Gasteiger partial charge in [-0.3, -0.25) is 0 Å². The van der Waals surface area contributed by atoms with Crippen molar-refractivity contribution in [3.8, 4) is 5.75 Å². The molecule has 0 saturated heterocycles. The summed E-state index contributed by atoms with van der Waals surface area (Å²) in [5.41, 5.74) is 2.56.